The van der Waals surface area contributed by atoms with E-state index in [2.05, 4.69) is 15.3 Å². The van der Waals surface area contributed by atoms with Gasteiger partial charge in [0.05, 0.1) is 31.4 Å². The fraction of sp³-hybridized carbons (Fsp3) is 0.237. The number of carbonyl (C=O) groups excluding carboxylic acids is 2. The SMILES string of the molecule is CC.COc1ccc(CC(=O)Nc2ccc(C(=O)N(CC(=O)O)Cc3ccc(C4=NCC(c5ccc(C)cc5)=N4)cc3)cc2)c(C(F)(F)F)c1. The molecule has 9 nitrogen and oxygen atoms in total. The fourth-order valence-corrected chi connectivity index (χ4v) is 5.11. The number of aryl methyl sites for hydroxylation is 1. The number of carboxylic acids is 1. The van der Waals surface area contributed by atoms with Crippen molar-refractivity contribution in [2.75, 3.05) is 25.5 Å². The van der Waals surface area contributed by atoms with E-state index in [1.165, 1.54) is 48.4 Å². The molecular formula is C38H37F3N4O5. The number of hydrogen-bond donors (Lipinski definition) is 2. The van der Waals surface area contributed by atoms with E-state index >= 15 is 0 Å². The highest BCUT2D eigenvalue weighted by atomic mass is 19.4. The summed E-state index contributed by atoms with van der Waals surface area (Å²) in [4.78, 5) is 48.0. The number of aliphatic carboxylic acids is 1. The highest BCUT2D eigenvalue weighted by Crippen LogP contribution is 2.34. The van der Waals surface area contributed by atoms with E-state index < -0.39 is 42.5 Å². The maximum absolute atomic E-state index is 13.5. The molecule has 2 N–H and O–H groups in total. The van der Waals surface area contributed by atoms with Gasteiger partial charge in [-0.3, -0.25) is 19.4 Å². The third kappa shape index (κ3) is 9.65. The number of nitrogens with zero attached hydrogens (tertiary/aromatic N) is 3. The second-order valence-corrected chi connectivity index (χ2v) is 11.1. The standard InChI is InChI=1S/C36H31F3N4O5.C2H6/c1-22-3-7-24(8-4-22)31-19-40-34(42-31)25-9-5-23(6-10-25)20-43(21-33(45)46)35(47)26-11-14-28(15-12-26)41-32(44)17-27-13-16-29(48-2)18-30(27)36(37,38)39;1-2/h3-16,18H,17,19-21H2,1-2H3,(H,41,44)(H,45,46);1-2H3. The number of halogens is 3. The predicted molar refractivity (Wildman–Crippen MR) is 186 cm³/mol. The number of rotatable bonds is 11. The highest BCUT2D eigenvalue weighted by Gasteiger charge is 2.34. The van der Waals surface area contributed by atoms with E-state index in [-0.39, 0.29) is 29.1 Å². The summed E-state index contributed by atoms with van der Waals surface area (Å²) in [6, 6.07) is 24.3. The van der Waals surface area contributed by atoms with Gasteiger partial charge in [0, 0.05) is 23.4 Å². The van der Waals surface area contributed by atoms with E-state index in [0.29, 0.717) is 17.9 Å². The van der Waals surface area contributed by atoms with Crippen LogP contribution in [-0.2, 0) is 28.7 Å². The van der Waals surface area contributed by atoms with Crippen molar-refractivity contribution in [3.63, 3.8) is 0 Å². The number of ether oxygens (including phenoxy) is 1. The largest absolute Gasteiger partial charge is 0.497 e. The van der Waals surface area contributed by atoms with E-state index in [4.69, 9.17) is 4.74 Å². The lowest BCUT2D eigenvalue weighted by Crippen LogP contribution is -2.35. The molecule has 12 heteroatoms. The summed E-state index contributed by atoms with van der Waals surface area (Å²) in [6.07, 6.45) is -5.22. The second kappa shape index (κ2) is 16.6. The number of methoxy groups -OCH3 is 1. The number of hydrogen-bond acceptors (Lipinski definition) is 6. The van der Waals surface area contributed by atoms with Crippen LogP contribution < -0.4 is 10.1 Å². The lowest BCUT2D eigenvalue weighted by atomic mass is 10.0. The molecule has 50 heavy (non-hydrogen) atoms. The molecule has 0 bridgehead atoms. The first-order chi connectivity index (χ1) is 23.9. The van der Waals surface area contributed by atoms with Crippen LogP contribution in [-0.4, -0.2) is 59.5 Å². The Kier molecular flexibility index (Phi) is 12.3. The highest BCUT2D eigenvalue weighted by molar-refractivity contribution is 6.17. The molecule has 0 aliphatic carbocycles. The van der Waals surface area contributed by atoms with Crippen LogP contribution in [0.15, 0.2) is 101 Å². The summed E-state index contributed by atoms with van der Waals surface area (Å²) in [5, 5.41) is 12.0. The molecule has 0 spiro atoms. The van der Waals surface area contributed by atoms with Crippen molar-refractivity contribution >= 4 is 35.0 Å². The molecule has 1 aliphatic heterocycles. The number of amides is 2. The van der Waals surface area contributed by atoms with Crippen molar-refractivity contribution in [1.82, 2.24) is 4.90 Å². The number of anilines is 1. The van der Waals surface area contributed by atoms with Gasteiger partial charge in [0.2, 0.25) is 5.91 Å². The normalized spacial score (nSPS) is 12.2. The van der Waals surface area contributed by atoms with Crippen molar-refractivity contribution in [3.8, 4) is 5.75 Å². The minimum absolute atomic E-state index is 0.0116. The average molecular weight is 687 g/mol. The van der Waals surface area contributed by atoms with Gasteiger partial charge in [-0.05, 0) is 60.0 Å². The first-order valence-electron chi connectivity index (χ1n) is 15.8. The van der Waals surface area contributed by atoms with E-state index in [0.717, 1.165) is 28.5 Å². The van der Waals surface area contributed by atoms with Gasteiger partial charge >= 0.3 is 12.1 Å². The quantitative estimate of drug-likeness (QED) is 0.173. The molecule has 0 unspecified atom stereocenters. The minimum atomic E-state index is -4.68. The Labute approximate surface area is 288 Å². The topological polar surface area (TPSA) is 121 Å². The van der Waals surface area contributed by atoms with Crippen LogP contribution in [0.5, 0.6) is 5.75 Å². The van der Waals surface area contributed by atoms with Crippen molar-refractivity contribution in [1.29, 1.82) is 0 Å². The molecule has 4 aromatic rings. The Balaban J connectivity index is 0.00000276. The Hall–Kier alpha value is -5.78. The number of amidine groups is 1. The molecule has 0 aromatic heterocycles. The molecule has 0 saturated carbocycles. The van der Waals surface area contributed by atoms with Gasteiger partial charge in [-0.25, -0.2) is 4.99 Å². The van der Waals surface area contributed by atoms with Crippen LogP contribution in [0.25, 0.3) is 0 Å². The van der Waals surface area contributed by atoms with Gasteiger partial charge < -0.3 is 20.1 Å². The van der Waals surface area contributed by atoms with Crippen molar-refractivity contribution in [2.24, 2.45) is 9.98 Å². The van der Waals surface area contributed by atoms with Gasteiger partial charge in [-0.1, -0.05) is 74.0 Å². The van der Waals surface area contributed by atoms with Crippen LogP contribution in [0.2, 0.25) is 0 Å². The summed E-state index contributed by atoms with van der Waals surface area (Å²) in [5.74, 6) is -1.84. The Bertz CT molecular complexity index is 1890. The summed E-state index contributed by atoms with van der Waals surface area (Å²) in [6.45, 7) is 5.93. The number of aliphatic imine (C=N–C) groups is 2. The molecule has 2 amide bonds. The summed E-state index contributed by atoms with van der Waals surface area (Å²) < 4.78 is 45.5. The number of carbonyl (C=O) groups is 3. The molecule has 5 rings (SSSR count). The van der Waals surface area contributed by atoms with Crippen LogP contribution in [0.3, 0.4) is 0 Å². The van der Waals surface area contributed by atoms with Crippen LogP contribution in [0, 0.1) is 6.92 Å². The Morgan fingerprint density at radius 1 is 0.900 bits per heavy atom. The van der Waals surface area contributed by atoms with Crippen LogP contribution >= 0.6 is 0 Å². The first-order valence-corrected chi connectivity index (χ1v) is 15.8. The second-order valence-electron chi connectivity index (χ2n) is 11.1. The summed E-state index contributed by atoms with van der Waals surface area (Å²) in [7, 11) is 1.25. The molecule has 0 fully saturated rings. The third-order valence-electron chi connectivity index (χ3n) is 7.59. The van der Waals surface area contributed by atoms with Gasteiger partial charge in [0.25, 0.3) is 5.91 Å². The first kappa shape index (κ1) is 37.0. The van der Waals surface area contributed by atoms with Gasteiger partial charge in [0.1, 0.15) is 12.3 Å². The number of nitrogens with one attached hydrogen (secondary N) is 1. The molecule has 1 heterocycles. The van der Waals surface area contributed by atoms with Crippen molar-refractivity contribution in [3.05, 3.63) is 130 Å². The summed E-state index contributed by atoms with van der Waals surface area (Å²) >= 11 is 0. The Morgan fingerprint density at radius 3 is 2.14 bits per heavy atom. The number of carboxylic acid groups (broad SMARTS) is 1. The van der Waals surface area contributed by atoms with Gasteiger partial charge in [0.15, 0.2) is 5.84 Å². The average Bonchev–Trinajstić information content (AvgIpc) is 3.59. The van der Waals surface area contributed by atoms with E-state index in [1.54, 1.807) is 12.1 Å². The number of alkyl halides is 3. The fourth-order valence-electron chi connectivity index (χ4n) is 5.11. The lowest BCUT2D eigenvalue weighted by molar-refractivity contribution is -0.139. The zero-order valence-electron chi connectivity index (χ0n) is 28.0. The molecule has 260 valence electrons. The van der Waals surface area contributed by atoms with E-state index in [9.17, 15) is 32.7 Å². The Morgan fingerprint density at radius 2 is 1.54 bits per heavy atom. The van der Waals surface area contributed by atoms with Crippen molar-refractivity contribution in [2.45, 2.75) is 39.9 Å². The molecule has 0 saturated heterocycles. The molecular weight excluding hydrogens is 649 g/mol. The van der Waals surface area contributed by atoms with E-state index in [1.807, 2.05) is 57.2 Å². The zero-order valence-corrected chi connectivity index (χ0v) is 28.0. The predicted octanol–water partition coefficient (Wildman–Crippen LogP) is 7.21. The summed E-state index contributed by atoms with van der Waals surface area (Å²) in [5.41, 5.74) is 3.72. The van der Waals surface area contributed by atoms with Gasteiger partial charge in [-0.2, -0.15) is 13.2 Å². The molecule has 1 aliphatic rings. The molecule has 0 atom stereocenters. The van der Waals surface area contributed by atoms with Crippen molar-refractivity contribution < 1.29 is 37.4 Å². The lowest BCUT2D eigenvalue weighted by Gasteiger charge is -2.21. The van der Waals surface area contributed by atoms with Crippen LogP contribution in [0.4, 0.5) is 18.9 Å². The maximum atomic E-state index is 13.5. The molecule has 0 radical (unpaired) electrons. The van der Waals surface area contributed by atoms with Crippen LogP contribution in [0.1, 0.15) is 57.6 Å². The minimum Gasteiger partial charge on any atom is -0.497 e. The third-order valence-corrected chi connectivity index (χ3v) is 7.59. The number of benzene rings is 4. The monoisotopic (exact) mass is 686 g/mol. The zero-order chi connectivity index (χ0) is 36.4. The molecule has 4 aromatic carbocycles. The smallest absolute Gasteiger partial charge is 0.416 e. The maximum Gasteiger partial charge on any atom is 0.416 e. The van der Waals surface area contributed by atoms with Gasteiger partial charge in [-0.15, -0.1) is 0 Å².